The van der Waals surface area contributed by atoms with Gasteiger partial charge in [-0.2, -0.15) is 4.31 Å². The number of carboxylic acid groups (broad SMARTS) is 1. The summed E-state index contributed by atoms with van der Waals surface area (Å²) in [5.41, 5.74) is 5.40. The molecule has 0 aliphatic carbocycles. The van der Waals surface area contributed by atoms with E-state index in [4.69, 9.17) is 5.73 Å². The molecule has 178 valence electrons. The first kappa shape index (κ1) is 25.6. The number of carbonyl (C=O) groups is 3. The predicted octanol–water partition coefficient (Wildman–Crippen LogP) is -0.163. The zero-order valence-electron chi connectivity index (χ0n) is 17.8. The van der Waals surface area contributed by atoms with Gasteiger partial charge in [0.1, 0.15) is 12.1 Å². The second-order valence-corrected chi connectivity index (χ2v) is 9.36. The number of sulfonamides is 1. The maximum absolute atomic E-state index is 12.9. The number of nitrogens with two attached hydrogens (primary N) is 1. The van der Waals surface area contributed by atoms with Gasteiger partial charge in [0.15, 0.2) is 0 Å². The van der Waals surface area contributed by atoms with Gasteiger partial charge < -0.3 is 26.8 Å². The number of benzene rings is 1. The van der Waals surface area contributed by atoms with Gasteiger partial charge in [0.25, 0.3) is 0 Å². The molecule has 0 unspecified atom stereocenters. The maximum Gasteiger partial charge on any atom is 0.328 e. The van der Waals surface area contributed by atoms with Crippen LogP contribution in [0.5, 0.6) is 0 Å². The Morgan fingerprint density at radius 1 is 1.12 bits per heavy atom. The summed E-state index contributed by atoms with van der Waals surface area (Å²) in [5.74, 6) is -2.05. The van der Waals surface area contributed by atoms with E-state index in [0.717, 1.165) is 23.6 Å². The van der Waals surface area contributed by atoms with Gasteiger partial charge in [0.2, 0.25) is 15.9 Å². The number of carbonyl (C=O) groups excluding carboxylic acids is 2. The van der Waals surface area contributed by atoms with Crippen molar-refractivity contribution in [3.05, 3.63) is 30.3 Å². The van der Waals surface area contributed by atoms with Crippen molar-refractivity contribution in [3.8, 4) is 0 Å². The second kappa shape index (κ2) is 12.4. The molecule has 1 aromatic carbocycles. The number of carboxylic acids is 1. The number of nitrogens with one attached hydrogen (secondary N) is 3. The Morgan fingerprint density at radius 2 is 1.84 bits per heavy atom. The molecule has 6 N–H and O–H groups in total. The van der Waals surface area contributed by atoms with Crippen LogP contribution in [0.15, 0.2) is 35.2 Å². The van der Waals surface area contributed by atoms with Crippen LogP contribution in [0.4, 0.5) is 4.79 Å². The molecule has 0 bridgehead atoms. The molecule has 0 radical (unpaired) electrons. The molecule has 0 aromatic heterocycles. The van der Waals surface area contributed by atoms with Crippen molar-refractivity contribution in [1.29, 1.82) is 0 Å². The lowest BCUT2D eigenvalue weighted by Gasteiger charge is -2.25. The fraction of sp³-hybridized carbons (Fsp3) is 0.550. The minimum Gasteiger partial charge on any atom is -0.480 e. The monoisotopic (exact) mass is 469 g/mol. The van der Waals surface area contributed by atoms with Crippen LogP contribution in [0.25, 0.3) is 0 Å². The van der Waals surface area contributed by atoms with Crippen molar-refractivity contribution in [3.63, 3.8) is 0 Å². The largest absolute Gasteiger partial charge is 0.480 e. The van der Waals surface area contributed by atoms with Crippen molar-refractivity contribution >= 4 is 27.9 Å². The lowest BCUT2D eigenvalue weighted by molar-refractivity contribution is -0.142. The highest BCUT2D eigenvalue weighted by molar-refractivity contribution is 7.89. The molecular weight excluding hydrogens is 438 g/mol. The summed E-state index contributed by atoms with van der Waals surface area (Å²) in [6, 6.07) is 4.80. The summed E-state index contributed by atoms with van der Waals surface area (Å²) in [7, 11) is -3.89. The SMILES string of the molecule is NCCCCCNC(=O)NC[C@H](NC(=O)[C@@H]1CCCN1S(=O)(=O)c1ccccc1)C(=O)O. The van der Waals surface area contributed by atoms with Gasteiger partial charge in [-0.25, -0.2) is 18.0 Å². The molecule has 0 spiro atoms. The molecule has 1 aromatic rings. The van der Waals surface area contributed by atoms with Crippen molar-refractivity contribution in [1.82, 2.24) is 20.3 Å². The molecule has 2 rings (SSSR count). The van der Waals surface area contributed by atoms with Gasteiger partial charge >= 0.3 is 12.0 Å². The summed E-state index contributed by atoms with van der Waals surface area (Å²) < 4.78 is 26.9. The van der Waals surface area contributed by atoms with Crippen molar-refractivity contribution in [2.24, 2.45) is 5.73 Å². The Hall–Kier alpha value is -2.70. The molecule has 3 amide bonds. The third-order valence-electron chi connectivity index (χ3n) is 5.10. The smallest absolute Gasteiger partial charge is 0.328 e. The molecule has 1 saturated heterocycles. The molecule has 11 nitrogen and oxygen atoms in total. The van der Waals surface area contributed by atoms with E-state index in [1.165, 1.54) is 12.1 Å². The minimum atomic E-state index is -3.89. The highest BCUT2D eigenvalue weighted by Gasteiger charge is 2.40. The first-order valence-electron chi connectivity index (χ1n) is 10.6. The number of amides is 3. The van der Waals surface area contributed by atoms with Crippen LogP contribution in [0.1, 0.15) is 32.1 Å². The van der Waals surface area contributed by atoms with Crippen molar-refractivity contribution < 1.29 is 27.9 Å². The molecule has 1 aliphatic rings. The van der Waals surface area contributed by atoms with Crippen LogP contribution in [0, 0.1) is 0 Å². The zero-order chi connectivity index (χ0) is 23.6. The quantitative estimate of drug-likeness (QED) is 0.265. The Labute approximate surface area is 187 Å². The Balaban J connectivity index is 1.93. The summed E-state index contributed by atoms with van der Waals surface area (Å²) in [5, 5.41) is 16.8. The van der Waals surface area contributed by atoms with Crippen LogP contribution in [-0.2, 0) is 19.6 Å². The Bertz CT molecular complexity index is 880. The zero-order valence-corrected chi connectivity index (χ0v) is 18.6. The molecule has 2 atom stereocenters. The lowest BCUT2D eigenvalue weighted by atomic mass is 10.2. The van der Waals surface area contributed by atoms with E-state index in [2.05, 4.69) is 16.0 Å². The molecule has 1 fully saturated rings. The van der Waals surface area contributed by atoms with Gasteiger partial charge in [-0.1, -0.05) is 24.6 Å². The topological polar surface area (TPSA) is 171 Å². The molecule has 32 heavy (non-hydrogen) atoms. The molecule has 1 heterocycles. The van der Waals surface area contributed by atoms with E-state index in [1.54, 1.807) is 18.2 Å². The first-order valence-corrected chi connectivity index (χ1v) is 12.0. The Kier molecular flexibility index (Phi) is 9.88. The predicted molar refractivity (Wildman–Crippen MR) is 117 cm³/mol. The number of urea groups is 1. The number of nitrogens with zero attached hydrogens (tertiary/aromatic N) is 1. The van der Waals surface area contributed by atoms with Crippen LogP contribution < -0.4 is 21.7 Å². The van der Waals surface area contributed by atoms with E-state index in [0.29, 0.717) is 19.5 Å². The summed E-state index contributed by atoms with van der Waals surface area (Å²) >= 11 is 0. The third-order valence-corrected chi connectivity index (χ3v) is 7.03. The third kappa shape index (κ3) is 7.18. The van der Waals surface area contributed by atoms with Gasteiger partial charge in [0, 0.05) is 13.1 Å². The Morgan fingerprint density at radius 3 is 2.50 bits per heavy atom. The minimum absolute atomic E-state index is 0.0688. The second-order valence-electron chi connectivity index (χ2n) is 7.47. The van der Waals surface area contributed by atoms with Gasteiger partial charge in [-0.15, -0.1) is 0 Å². The molecule has 1 aliphatic heterocycles. The van der Waals surface area contributed by atoms with Crippen LogP contribution in [-0.4, -0.2) is 74.0 Å². The molecule has 12 heteroatoms. The molecular formula is C20H31N5O6S. The highest BCUT2D eigenvalue weighted by atomic mass is 32.2. The van der Waals surface area contributed by atoms with E-state index in [9.17, 15) is 27.9 Å². The number of aliphatic carboxylic acids is 1. The average Bonchev–Trinajstić information content (AvgIpc) is 3.28. The fourth-order valence-corrected chi connectivity index (χ4v) is 5.07. The van der Waals surface area contributed by atoms with Gasteiger partial charge in [0.05, 0.1) is 11.4 Å². The maximum atomic E-state index is 12.9. The summed E-state index contributed by atoms with van der Waals surface area (Å²) in [6.45, 7) is 0.827. The van der Waals surface area contributed by atoms with E-state index >= 15 is 0 Å². The van der Waals surface area contributed by atoms with E-state index < -0.39 is 40.0 Å². The van der Waals surface area contributed by atoms with Gasteiger partial charge in [-0.3, -0.25) is 4.79 Å². The average molecular weight is 470 g/mol. The first-order chi connectivity index (χ1) is 15.3. The van der Waals surface area contributed by atoms with Crippen LogP contribution >= 0.6 is 0 Å². The number of hydrogen-bond donors (Lipinski definition) is 5. The van der Waals surface area contributed by atoms with Gasteiger partial charge in [-0.05, 0) is 44.4 Å². The number of rotatable bonds is 12. The number of hydrogen-bond acceptors (Lipinski definition) is 6. The fourth-order valence-electron chi connectivity index (χ4n) is 3.39. The highest BCUT2D eigenvalue weighted by Crippen LogP contribution is 2.26. The van der Waals surface area contributed by atoms with Crippen molar-refractivity contribution in [2.75, 3.05) is 26.2 Å². The van der Waals surface area contributed by atoms with Crippen molar-refractivity contribution in [2.45, 2.75) is 49.1 Å². The summed E-state index contributed by atoms with van der Waals surface area (Å²) in [6.07, 6.45) is 3.23. The molecule has 0 saturated carbocycles. The normalized spacial score (nSPS) is 17.5. The van der Waals surface area contributed by atoms with Crippen LogP contribution in [0.2, 0.25) is 0 Å². The standard InChI is InChI=1S/C20H31N5O6S/c21-11-5-2-6-12-22-20(29)23-14-16(19(27)28)24-18(26)17-10-7-13-25(17)32(30,31)15-8-3-1-4-9-15/h1,3-4,8-9,16-17H,2,5-7,10-14,21H2,(H,24,26)(H,27,28)(H2,22,23,29)/t16-,17-/m0/s1. The lowest BCUT2D eigenvalue weighted by Crippen LogP contribution is -2.54. The van der Waals surface area contributed by atoms with E-state index in [1.807, 2.05) is 0 Å². The summed E-state index contributed by atoms with van der Waals surface area (Å²) in [4.78, 5) is 36.2. The van der Waals surface area contributed by atoms with E-state index in [-0.39, 0.29) is 24.4 Å². The van der Waals surface area contributed by atoms with Crippen LogP contribution in [0.3, 0.4) is 0 Å². The number of unbranched alkanes of at least 4 members (excludes halogenated alkanes) is 2.